The van der Waals surface area contributed by atoms with Crippen LogP contribution in [0.25, 0.3) is 0 Å². The predicted octanol–water partition coefficient (Wildman–Crippen LogP) is -4.97. The fourth-order valence-corrected chi connectivity index (χ4v) is 0.587. The number of pyridine rings is 1. The molecule has 0 aliphatic carbocycles. The summed E-state index contributed by atoms with van der Waals surface area (Å²) in [5.74, 6) is 4.58. The third-order valence-corrected chi connectivity index (χ3v) is 1.07. The summed E-state index contributed by atoms with van der Waals surface area (Å²) in [6.07, 6.45) is 3.67. The van der Waals surface area contributed by atoms with Crippen molar-refractivity contribution in [2.75, 3.05) is 6.26 Å². The molecule has 0 atom stereocenters. The second-order valence-corrected chi connectivity index (χ2v) is 3.82. The Balaban J connectivity index is -0.000000247. The molecular formula is C7H12N3NaO5S. The molecule has 0 aliphatic rings. The molecule has 1 amide bonds. The monoisotopic (exact) mass is 273 g/mol. The van der Waals surface area contributed by atoms with Crippen molar-refractivity contribution >= 4 is 16.0 Å². The van der Waals surface area contributed by atoms with Crippen LogP contribution < -0.4 is 40.8 Å². The van der Waals surface area contributed by atoms with E-state index in [1.54, 1.807) is 12.1 Å². The summed E-state index contributed by atoms with van der Waals surface area (Å²) in [4.78, 5) is 14.5. The van der Waals surface area contributed by atoms with Crippen molar-refractivity contribution in [2.24, 2.45) is 5.84 Å². The first-order valence-corrected chi connectivity index (χ1v) is 5.48. The smallest absolute Gasteiger partial charge is 0.748 e. The van der Waals surface area contributed by atoms with Gasteiger partial charge in [-0.1, -0.05) is 0 Å². The maximum atomic E-state index is 10.7. The number of carbonyl (C=O) groups excluding carboxylic acids is 1. The summed E-state index contributed by atoms with van der Waals surface area (Å²) < 4.78 is 27.2. The second-order valence-electron chi connectivity index (χ2n) is 2.41. The zero-order valence-corrected chi connectivity index (χ0v) is 12.2. The van der Waals surface area contributed by atoms with Crippen LogP contribution in [0.4, 0.5) is 0 Å². The summed E-state index contributed by atoms with van der Waals surface area (Å²) in [7, 11) is -3.92. The first-order valence-electron chi connectivity index (χ1n) is 3.66. The molecule has 0 saturated heterocycles. The molecule has 1 aromatic rings. The second kappa shape index (κ2) is 10.6. The number of hydrogen-bond donors (Lipinski definition) is 2. The fraction of sp³-hybridized carbons (Fsp3) is 0.143. The molecule has 0 fully saturated rings. The van der Waals surface area contributed by atoms with Gasteiger partial charge in [-0.2, -0.15) is 0 Å². The fourth-order valence-electron chi connectivity index (χ4n) is 0.587. The molecule has 8 nitrogen and oxygen atoms in total. The maximum absolute atomic E-state index is 10.7. The van der Waals surface area contributed by atoms with Crippen LogP contribution in [0.15, 0.2) is 24.5 Å². The van der Waals surface area contributed by atoms with E-state index < -0.39 is 10.1 Å². The molecule has 1 rings (SSSR count). The first kappa shape index (κ1) is 21.7. The molecule has 92 valence electrons. The van der Waals surface area contributed by atoms with Gasteiger partial charge in [0.2, 0.25) is 0 Å². The summed E-state index contributed by atoms with van der Waals surface area (Å²) >= 11 is 0. The van der Waals surface area contributed by atoms with Crippen LogP contribution in [0.5, 0.6) is 0 Å². The molecule has 0 aromatic carbocycles. The Labute approximate surface area is 121 Å². The molecule has 0 spiro atoms. The maximum Gasteiger partial charge on any atom is 1.00 e. The molecule has 0 saturated carbocycles. The SMILES string of the molecule is CS(=O)(=O)[O-].NNC(=O)c1ccncc1.O.[Na+]. The summed E-state index contributed by atoms with van der Waals surface area (Å²) in [5, 5.41) is 0. The molecule has 0 aliphatic heterocycles. The Morgan fingerprint density at radius 2 is 1.76 bits per heavy atom. The standard InChI is InChI=1S/C6H7N3O.CH4O3S.Na.H2O/c7-9-6(10)5-1-3-8-4-2-5;1-5(2,3)4;;/h1-4H,7H2,(H,9,10);1H3,(H,2,3,4);;1H2/q;;+1;/p-1. The zero-order valence-electron chi connectivity index (χ0n) is 9.38. The van der Waals surface area contributed by atoms with Gasteiger partial charge in [0, 0.05) is 24.2 Å². The molecule has 10 heteroatoms. The van der Waals surface area contributed by atoms with Gasteiger partial charge in [-0.3, -0.25) is 15.2 Å². The average molecular weight is 273 g/mol. The number of hydrazine groups is 1. The number of rotatable bonds is 1. The van der Waals surface area contributed by atoms with Crippen LogP contribution in [-0.4, -0.2) is 35.6 Å². The summed E-state index contributed by atoms with van der Waals surface area (Å²) in [5.41, 5.74) is 2.53. The molecule has 0 unspecified atom stereocenters. The van der Waals surface area contributed by atoms with E-state index in [4.69, 9.17) is 18.8 Å². The van der Waals surface area contributed by atoms with Gasteiger partial charge in [0.15, 0.2) is 0 Å². The van der Waals surface area contributed by atoms with Crippen LogP contribution >= 0.6 is 0 Å². The Kier molecular flexibility index (Phi) is 13.5. The van der Waals surface area contributed by atoms with Crippen LogP contribution in [0.3, 0.4) is 0 Å². The van der Waals surface area contributed by atoms with Gasteiger partial charge < -0.3 is 10.0 Å². The van der Waals surface area contributed by atoms with E-state index in [9.17, 15) is 4.79 Å². The third kappa shape index (κ3) is 15.4. The van der Waals surface area contributed by atoms with Gasteiger partial charge in [0.25, 0.3) is 5.91 Å². The van der Waals surface area contributed by atoms with Crippen molar-refractivity contribution in [3.05, 3.63) is 30.1 Å². The minimum absolute atomic E-state index is 0. The third-order valence-electron chi connectivity index (χ3n) is 1.07. The molecule has 17 heavy (non-hydrogen) atoms. The van der Waals surface area contributed by atoms with E-state index in [0.29, 0.717) is 11.8 Å². The average Bonchev–Trinajstić information content (AvgIpc) is 2.15. The Morgan fingerprint density at radius 3 is 2.06 bits per heavy atom. The summed E-state index contributed by atoms with van der Waals surface area (Å²) in [6.45, 7) is 0. The van der Waals surface area contributed by atoms with Crippen molar-refractivity contribution in [1.82, 2.24) is 10.4 Å². The number of nitrogen functional groups attached to an aromatic ring is 1. The predicted molar refractivity (Wildman–Crippen MR) is 55.1 cm³/mol. The van der Waals surface area contributed by atoms with Gasteiger partial charge in [0.05, 0.1) is 10.1 Å². The van der Waals surface area contributed by atoms with Crippen LogP contribution in [0, 0.1) is 0 Å². The Hall–Kier alpha value is -0.550. The summed E-state index contributed by atoms with van der Waals surface area (Å²) in [6, 6.07) is 3.17. The molecule has 1 aromatic heterocycles. The number of nitrogens with one attached hydrogen (secondary N) is 1. The molecule has 5 N–H and O–H groups in total. The topological polar surface area (TPSA) is 157 Å². The normalized spacial score (nSPS) is 8.65. The largest absolute Gasteiger partial charge is 1.00 e. The minimum Gasteiger partial charge on any atom is -0.748 e. The minimum atomic E-state index is -3.92. The molecule has 0 bridgehead atoms. The van der Waals surface area contributed by atoms with Crippen LogP contribution in [-0.2, 0) is 10.1 Å². The van der Waals surface area contributed by atoms with Crippen molar-refractivity contribution in [3.8, 4) is 0 Å². The number of nitrogens with two attached hydrogens (primary N) is 1. The van der Waals surface area contributed by atoms with Crippen molar-refractivity contribution in [1.29, 1.82) is 0 Å². The molecule has 0 radical (unpaired) electrons. The molecule has 1 heterocycles. The van der Waals surface area contributed by atoms with E-state index in [1.807, 2.05) is 5.43 Å². The first-order chi connectivity index (χ1) is 6.84. The van der Waals surface area contributed by atoms with Crippen molar-refractivity contribution in [3.63, 3.8) is 0 Å². The molecular weight excluding hydrogens is 261 g/mol. The number of nitrogens with zero attached hydrogens (tertiary/aromatic N) is 1. The van der Waals surface area contributed by atoms with E-state index in [-0.39, 0.29) is 40.9 Å². The van der Waals surface area contributed by atoms with Gasteiger partial charge in [0.1, 0.15) is 0 Å². The van der Waals surface area contributed by atoms with Gasteiger partial charge in [-0.15, -0.1) is 0 Å². The van der Waals surface area contributed by atoms with Gasteiger partial charge in [-0.05, 0) is 12.1 Å². The zero-order chi connectivity index (χ0) is 11.9. The van der Waals surface area contributed by atoms with Gasteiger partial charge >= 0.3 is 29.6 Å². The van der Waals surface area contributed by atoms with E-state index in [1.165, 1.54) is 12.4 Å². The Bertz CT molecular complexity index is 403. The number of carbonyl (C=O) groups is 1. The van der Waals surface area contributed by atoms with Crippen LogP contribution in [0.1, 0.15) is 10.4 Å². The van der Waals surface area contributed by atoms with Crippen LogP contribution in [0.2, 0.25) is 0 Å². The van der Waals surface area contributed by atoms with E-state index >= 15 is 0 Å². The van der Waals surface area contributed by atoms with E-state index in [0.717, 1.165) is 0 Å². The quantitative estimate of drug-likeness (QED) is 0.171. The van der Waals surface area contributed by atoms with Gasteiger partial charge in [-0.25, -0.2) is 14.3 Å². The number of amides is 1. The van der Waals surface area contributed by atoms with Crippen molar-refractivity contribution in [2.45, 2.75) is 0 Å². The van der Waals surface area contributed by atoms with Crippen molar-refractivity contribution < 1.29 is 52.8 Å². The number of aromatic nitrogens is 1. The van der Waals surface area contributed by atoms with E-state index in [2.05, 4.69) is 4.98 Å². The Morgan fingerprint density at radius 1 is 1.41 bits per heavy atom. The number of hydrogen-bond acceptors (Lipinski definition) is 6.